The minimum absolute atomic E-state index is 0.0437. The molecule has 0 bridgehead atoms. The van der Waals surface area contributed by atoms with Gasteiger partial charge >= 0.3 is 12.0 Å². The third-order valence-corrected chi connectivity index (χ3v) is 5.52. The van der Waals surface area contributed by atoms with Gasteiger partial charge in [-0.3, -0.25) is 19.5 Å². The highest BCUT2D eigenvalue weighted by molar-refractivity contribution is 5.97. The van der Waals surface area contributed by atoms with E-state index in [9.17, 15) is 14.4 Å². The topological polar surface area (TPSA) is 96.2 Å². The van der Waals surface area contributed by atoms with Crippen molar-refractivity contribution in [3.8, 4) is 11.8 Å². The van der Waals surface area contributed by atoms with Crippen LogP contribution in [0.3, 0.4) is 0 Å². The zero-order chi connectivity index (χ0) is 21.7. The molecular formula is C22H28N4O4. The molecule has 30 heavy (non-hydrogen) atoms. The molecular weight excluding hydrogens is 384 g/mol. The molecule has 1 aromatic carbocycles. The number of hydrogen-bond donors (Lipinski definition) is 1. The molecule has 2 fully saturated rings. The quantitative estimate of drug-likeness (QED) is 0.580. The van der Waals surface area contributed by atoms with Gasteiger partial charge in [-0.25, -0.2) is 9.59 Å². The van der Waals surface area contributed by atoms with Crippen LogP contribution in [0.1, 0.15) is 42.1 Å². The van der Waals surface area contributed by atoms with E-state index >= 15 is 0 Å². The fraction of sp³-hybridized carbons (Fsp3) is 0.500. The number of ether oxygens (including phenoxy) is 1. The van der Waals surface area contributed by atoms with Crippen LogP contribution < -0.4 is 5.73 Å². The predicted octanol–water partition coefficient (Wildman–Crippen LogP) is 1.40. The molecule has 3 amide bonds. The highest BCUT2D eigenvalue weighted by Gasteiger charge is 2.41. The molecule has 0 radical (unpaired) electrons. The fourth-order valence-corrected chi connectivity index (χ4v) is 3.99. The first-order chi connectivity index (χ1) is 14.4. The molecule has 2 aliphatic heterocycles. The Morgan fingerprint density at radius 2 is 2.13 bits per heavy atom. The standard InChI is InChI=1S/C22H28N4O4/c1-3-4-11-25-19(24-10-6-9-18(23)15-24)13-20(27)26(22(25)29)14-16-7-5-8-17(12-16)21(28)30-2/h5,7-8,12,18-19H,6,9-11,13-15,23H2,1-2H3/t18-,19?/m1/s1. The minimum Gasteiger partial charge on any atom is -0.465 e. The van der Waals surface area contributed by atoms with E-state index in [-0.39, 0.29) is 43.7 Å². The van der Waals surface area contributed by atoms with Gasteiger partial charge in [0.05, 0.1) is 38.3 Å². The van der Waals surface area contributed by atoms with Gasteiger partial charge in [0.25, 0.3) is 0 Å². The fourth-order valence-electron chi connectivity index (χ4n) is 3.99. The van der Waals surface area contributed by atoms with Gasteiger partial charge in [-0.15, -0.1) is 5.92 Å². The van der Waals surface area contributed by atoms with Gasteiger partial charge in [0.1, 0.15) is 0 Å². The number of hydrogen-bond acceptors (Lipinski definition) is 6. The highest BCUT2D eigenvalue weighted by atomic mass is 16.5. The number of amides is 3. The van der Waals surface area contributed by atoms with Crippen LogP contribution >= 0.6 is 0 Å². The number of methoxy groups -OCH3 is 1. The van der Waals surface area contributed by atoms with Crippen molar-refractivity contribution in [2.75, 3.05) is 26.7 Å². The predicted molar refractivity (Wildman–Crippen MR) is 111 cm³/mol. The molecule has 2 atom stereocenters. The lowest BCUT2D eigenvalue weighted by Crippen LogP contribution is -2.63. The number of carbonyl (C=O) groups excluding carboxylic acids is 3. The number of carbonyl (C=O) groups is 3. The molecule has 0 spiro atoms. The van der Waals surface area contributed by atoms with Crippen molar-refractivity contribution in [2.24, 2.45) is 5.73 Å². The van der Waals surface area contributed by atoms with Crippen LogP contribution in [-0.2, 0) is 16.1 Å². The molecule has 2 aliphatic rings. The lowest BCUT2D eigenvalue weighted by molar-refractivity contribution is -0.136. The Balaban J connectivity index is 1.82. The van der Waals surface area contributed by atoms with Gasteiger partial charge in [-0.05, 0) is 37.5 Å². The van der Waals surface area contributed by atoms with Crippen molar-refractivity contribution < 1.29 is 19.1 Å². The maximum Gasteiger partial charge on any atom is 0.337 e. The zero-order valence-electron chi connectivity index (χ0n) is 17.5. The van der Waals surface area contributed by atoms with E-state index < -0.39 is 5.97 Å². The first-order valence-electron chi connectivity index (χ1n) is 10.1. The summed E-state index contributed by atoms with van der Waals surface area (Å²) in [5.74, 6) is 5.08. The smallest absolute Gasteiger partial charge is 0.337 e. The summed E-state index contributed by atoms with van der Waals surface area (Å²) < 4.78 is 4.75. The Morgan fingerprint density at radius 3 is 2.83 bits per heavy atom. The Morgan fingerprint density at radius 1 is 1.33 bits per heavy atom. The normalized spacial score (nSPS) is 22.5. The van der Waals surface area contributed by atoms with Crippen molar-refractivity contribution in [1.82, 2.24) is 14.7 Å². The average molecular weight is 412 g/mol. The Bertz CT molecular complexity index is 875. The molecule has 0 aromatic heterocycles. The van der Waals surface area contributed by atoms with E-state index in [1.54, 1.807) is 36.1 Å². The number of urea groups is 1. The Hall–Kier alpha value is -2.89. The van der Waals surface area contributed by atoms with E-state index in [1.165, 1.54) is 12.0 Å². The maximum absolute atomic E-state index is 13.3. The van der Waals surface area contributed by atoms with Crippen LogP contribution in [0.5, 0.6) is 0 Å². The Kier molecular flexibility index (Phi) is 7.08. The van der Waals surface area contributed by atoms with E-state index in [0.717, 1.165) is 19.4 Å². The number of piperidine rings is 1. The summed E-state index contributed by atoms with van der Waals surface area (Å²) >= 11 is 0. The molecule has 2 saturated heterocycles. The number of esters is 1. The average Bonchev–Trinajstić information content (AvgIpc) is 2.75. The number of nitrogens with zero attached hydrogens (tertiary/aromatic N) is 3. The minimum atomic E-state index is -0.463. The maximum atomic E-state index is 13.3. The lowest BCUT2D eigenvalue weighted by atomic mass is 10.0. The third kappa shape index (κ3) is 4.81. The monoisotopic (exact) mass is 412 g/mol. The number of likely N-dealkylation sites (tertiary alicyclic amines) is 1. The molecule has 160 valence electrons. The summed E-state index contributed by atoms with van der Waals surface area (Å²) in [7, 11) is 1.31. The van der Waals surface area contributed by atoms with Crippen LogP contribution in [0.15, 0.2) is 24.3 Å². The summed E-state index contributed by atoms with van der Waals surface area (Å²) in [5, 5.41) is 0. The molecule has 0 aliphatic carbocycles. The molecule has 2 heterocycles. The molecule has 8 heteroatoms. The van der Waals surface area contributed by atoms with Crippen LogP contribution in [-0.4, -0.2) is 71.6 Å². The summed E-state index contributed by atoms with van der Waals surface area (Å²) in [4.78, 5) is 43.0. The lowest BCUT2D eigenvalue weighted by Gasteiger charge is -2.46. The first-order valence-corrected chi connectivity index (χ1v) is 10.1. The van der Waals surface area contributed by atoms with E-state index in [2.05, 4.69) is 16.7 Å². The van der Waals surface area contributed by atoms with Crippen LogP contribution in [0.25, 0.3) is 0 Å². The van der Waals surface area contributed by atoms with E-state index in [4.69, 9.17) is 10.5 Å². The molecule has 8 nitrogen and oxygen atoms in total. The van der Waals surface area contributed by atoms with Crippen molar-refractivity contribution in [3.63, 3.8) is 0 Å². The van der Waals surface area contributed by atoms with Crippen LogP contribution in [0.4, 0.5) is 4.79 Å². The van der Waals surface area contributed by atoms with Crippen molar-refractivity contribution in [3.05, 3.63) is 35.4 Å². The third-order valence-electron chi connectivity index (χ3n) is 5.52. The van der Waals surface area contributed by atoms with E-state index in [1.807, 2.05) is 0 Å². The van der Waals surface area contributed by atoms with Gasteiger partial charge in [-0.1, -0.05) is 18.1 Å². The summed E-state index contributed by atoms with van der Waals surface area (Å²) in [5.41, 5.74) is 7.18. The van der Waals surface area contributed by atoms with Gasteiger partial charge in [0.2, 0.25) is 5.91 Å². The second kappa shape index (κ2) is 9.74. The number of rotatable bonds is 5. The molecule has 3 rings (SSSR count). The van der Waals surface area contributed by atoms with Crippen molar-refractivity contribution in [1.29, 1.82) is 0 Å². The van der Waals surface area contributed by atoms with Gasteiger partial charge in [0.15, 0.2) is 0 Å². The highest BCUT2D eigenvalue weighted by Crippen LogP contribution is 2.25. The van der Waals surface area contributed by atoms with Crippen molar-refractivity contribution >= 4 is 17.9 Å². The van der Waals surface area contributed by atoms with Gasteiger partial charge < -0.3 is 10.5 Å². The first kappa shape index (κ1) is 21.8. The van der Waals surface area contributed by atoms with Gasteiger partial charge in [0, 0.05) is 19.1 Å². The van der Waals surface area contributed by atoms with Crippen molar-refractivity contribution in [2.45, 2.75) is 44.9 Å². The van der Waals surface area contributed by atoms with Crippen LogP contribution in [0, 0.1) is 11.8 Å². The second-order valence-electron chi connectivity index (χ2n) is 7.59. The molecule has 2 N–H and O–H groups in total. The second-order valence-corrected chi connectivity index (χ2v) is 7.59. The van der Waals surface area contributed by atoms with Gasteiger partial charge in [-0.2, -0.15) is 0 Å². The SMILES string of the molecule is CC#CCN1C(=O)N(Cc2cccc(C(=O)OC)c2)C(=O)CC1N1CCC[C@@H](N)C1. The number of benzene rings is 1. The largest absolute Gasteiger partial charge is 0.465 e. The van der Waals surface area contributed by atoms with Crippen LogP contribution in [0.2, 0.25) is 0 Å². The molecule has 1 aromatic rings. The number of nitrogens with two attached hydrogens (primary N) is 1. The number of imide groups is 1. The Labute approximate surface area is 176 Å². The zero-order valence-corrected chi connectivity index (χ0v) is 17.5. The molecule has 1 unspecified atom stereocenters. The molecule has 0 saturated carbocycles. The van der Waals surface area contributed by atoms with E-state index in [0.29, 0.717) is 17.7 Å². The summed E-state index contributed by atoms with van der Waals surface area (Å²) in [6.45, 7) is 3.52. The summed E-state index contributed by atoms with van der Waals surface area (Å²) in [6, 6.07) is 6.42. The summed E-state index contributed by atoms with van der Waals surface area (Å²) in [6.07, 6.45) is 1.75.